The van der Waals surface area contributed by atoms with Crippen LogP contribution >= 0.6 is 35.3 Å². The molecule has 0 aliphatic rings. The zero-order chi connectivity index (χ0) is 20.5. The standard InChI is InChI=1S/C21H25N5O2S.HI/c1-3-22-21(23-10-9-19-24-13-15(2)29-19)25-14-16-6-4-7-17(12-16)26-20(27)18-8-5-11-28-18;/h4-8,11-13H,3,9-10,14H2,1-2H3,(H,26,27)(H2,22,23,25);1H. The van der Waals surface area contributed by atoms with E-state index in [0.29, 0.717) is 12.2 Å². The van der Waals surface area contributed by atoms with Crippen molar-refractivity contribution in [3.63, 3.8) is 0 Å². The van der Waals surface area contributed by atoms with Crippen molar-refractivity contribution < 1.29 is 9.21 Å². The Morgan fingerprint density at radius 2 is 2.10 bits per heavy atom. The molecule has 9 heteroatoms. The molecule has 0 radical (unpaired) electrons. The Bertz CT molecular complexity index is 956. The van der Waals surface area contributed by atoms with Gasteiger partial charge in [-0.25, -0.2) is 9.98 Å². The first-order valence-electron chi connectivity index (χ1n) is 9.51. The van der Waals surface area contributed by atoms with Gasteiger partial charge < -0.3 is 20.4 Å². The van der Waals surface area contributed by atoms with Gasteiger partial charge in [0.1, 0.15) is 0 Å². The highest BCUT2D eigenvalue weighted by atomic mass is 127. The van der Waals surface area contributed by atoms with E-state index < -0.39 is 0 Å². The van der Waals surface area contributed by atoms with E-state index >= 15 is 0 Å². The molecule has 0 saturated carbocycles. The number of rotatable bonds is 8. The van der Waals surface area contributed by atoms with Crippen LogP contribution in [0.3, 0.4) is 0 Å². The molecule has 0 aliphatic carbocycles. The number of aliphatic imine (C=N–C) groups is 1. The van der Waals surface area contributed by atoms with Gasteiger partial charge in [-0.2, -0.15) is 0 Å². The van der Waals surface area contributed by atoms with Gasteiger partial charge in [0, 0.05) is 36.3 Å². The first kappa shape index (κ1) is 23.9. The van der Waals surface area contributed by atoms with Crippen molar-refractivity contribution in [2.24, 2.45) is 4.99 Å². The number of benzene rings is 1. The van der Waals surface area contributed by atoms with Crippen molar-refractivity contribution in [3.05, 3.63) is 70.1 Å². The fourth-order valence-corrected chi connectivity index (χ4v) is 3.45. The van der Waals surface area contributed by atoms with Crippen LogP contribution < -0.4 is 16.0 Å². The van der Waals surface area contributed by atoms with Crippen LogP contribution in [0.15, 0.2) is 58.3 Å². The van der Waals surface area contributed by atoms with Gasteiger partial charge >= 0.3 is 0 Å². The molecule has 1 amide bonds. The van der Waals surface area contributed by atoms with Crippen molar-refractivity contribution >= 4 is 52.9 Å². The van der Waals surface area contributed by atoms with Crippen LogP contribution in [0.4, 0.5) is 5.69 Å². The van der Waals surface area contributed by atoms with Crippen LogP contribution in [0.25, 0.3) is 0 Å². The average molecular weight is 539 g/mol. The number of nitrogens with zero attached hydrogens (tertiary/aromatic N) is 2. The average Bonchev–Trinajstić information content (AvgIpc) is 3.38. The van der Waals surface area contributed by atoms with E-state index in [0.717, 1.165) is 36.0 Å². The van der Waals surface area contributed by atoms with Crippen LogP contribution in [0.1, 0.15) is 32.9 Å². The lowest BCUT2D eigenvalue weighted by atomic mass is 10.2. The molecule has 0 saturated heterocycles. The van der Waals surface area contributed by atoms with Gasteiger partial charge in [0.25, 0.3) is 5.91 Å². The van der Waals surface area contributed by atoms with E-state index in [-0.39, 0.29) is 35.6 Å². The first-order chi connectivity index (χ1) is 14.1. The van der Waals surface area contributed by atoms with Crippen LogP contribution in [0, 0.1) is 6.92 Å². The second-order valence-corrected chi connectivity index (χ2v) is 7.69. The number of halogens is 1. The molecule has 7 nitrogen and oxygen atoms in total. The summed E-state index contributed by atoms with van der Waals surface area (Å²) in [6.07, 6.45) is 4.24. The largest absolute Gasteiger partial charge is 0.459 e. The number of amides is 1. The predicted molar refractivity (Wildman–Crippen MR) is 132 cm³/mol. The van der Waals surface area contributed by atoms with E-state index in [9.17, 15) is 4.79 Å². The van der Waals surface area contributed by atoms with Crippen molar-refractivity contribution in [1.82, 2.24) is 15.6 Å². The molecule has 160 valence electrons. The molecule has 0 unspecified atom stereocenters. The van der Waals surface area contributed by atoms with Gasteiger partial charge in [-0.15, -0.1) is 35.3 Å². The quantitative estimate of drug-likeness (QED) is 0.227. The third kappa shape index (κ3) is 7.45. The van der Waals surface area contributed by atoms with Crippen LogP contribution in [0.5, 0.6) is 0 Å². The summed E-state index contributed by atoms with van der Waals surface area (Å²) in [7, 11) is 0. The minimum Gasteiger partial charge on any atom is -0.459 e. The molecule has 2 aromatic heterocycles. The molecule has 2 heterocycles. The maximum absolute atomic E-state index is 12.1. The number of furan rings is 1. The van der Waals surface area contributed by atoms with E-state index in [1.165, 1.54) is 11.1 Å². The minimum absolute atomic E-state index is 0. The van der Waals surface area contributed by atoms with Gasteiger partial charge in [-0.3, -0.25) is 4.79 Å². The van der Waals surface area contributed by atoms with E-state index in [2.05, 4.69) is 32.9 Å². The van der Waals surface area contributed by atoms with Crippen molar-refractivity contribution in [1.29, 1.82) is 0 Å². The zero-order valence-corrected chi connectivity index (χ0v) is 20.1. The van der Waals surface area contributed by atoms with Crippen LogP contribution in [0.2, 0.25) is 0 Å². The van der Waals surface area contributed by atoms with E-state index in [1.54, 1.807) is 23.5 Å². The molecule has 0 bridgehead atoms. The highest BCUT2D eigenvalue weighted by molar-refractivity contribution is 14.0. The predicted octanol–water partition coefficient (Wildman–Crippen LogP) is 4.21. The Balaban J connectivity index is 0.00000320. The molecule has 3 rings (SSSR count). The van der Waals surface area contributed by atoms with Crippen LogP contribution in [-0.4, -0.2) is 29.9 Å². The SMILES string of the molecule is CCNC(=NCc1cccc(NC(=O)c2ccco2)c1)NCCc1ncc(C)s1.I. The summed E-state index contributed by atoms with van der Waals surface area (Å²) in [5.74, 6) is 0.761. The molecular weight excluding hydrogens is 513 g/mol. The number of nitrogens with one attached hydrogen (secondary N) is 3. The molecule has 3 N–H and O–H groups in total. The number of hydrogen-bond acceptors (Lipinski definition) is 5. The van der Waals surface area contributed by atoms with Crippen molar-refractivity contribution in [2.45, 2.75) is 26.8 Å². The lowest BCUT2D eigenvalue weighted by molar-refractivity contribution is 0.0996. The van der Waals surface area contributed by atoms with E-state index in [4.69, 9.17) is 4.42 Å². The van der Waals surface area contributed by atoms with Gasteiger partial charge in [0.05, 0.1) is 17.8 Å². The molecule has 0 atom stereocenters. The Labute approximate surface area is 197 Å². The Hall–Kier alpha value is -2.40. The van der Waals surface area contributed by atoms with Crippen molar-refractivity contribution in [2.75, 3.05) is 18.4 Å². The summed E-state index contributed by atoms with van der Waals surface area (Å²) in [6, 6.07) is 10.9. The summed E-state index contributed by atoms with van der Waals surface area (Å²) in [6.45, 7) is 6.13. The first-order valence-corrected chi connectivity index (χ1v) is 10.3. The third-order valence-electron chi connectivity index (χ3n) is 3.99. The Morgan fingerprint density at radius 3 is 2.80 bits per heavy atom. The molecule has 30 heavy (non-hydrogen) atoms. The molecule has 1 aromatic carbocycles. The summed E-state index contributed by atoms with van der Waals surface area (Å²) in [5.41, 5.74) is 1.70. The summed E-state index contributed by atoms with van der Waals surface area (Å²) < 4.78 is 5.12. The monoisotopic (exact) mass is 539 g/mol. The maximum atomic E-state index is 12.1. The maximum Gasteiger partial charge on any atom is 0.291 e. The second kappa shape index (κ2) is 12.3. The second-order valence-electron chi connectivity index (χ2n) is 6.37. The molecule has 0 fully saturated rings. The van der Waals surface area contributed by atoms with Crippen LogP contribution in [-0.2, 0) is 13.0 Å². The number of carbonyl (C=O) groups excluding carboxylic acids is 1. The Kier molecular flexibility index (Phi) is 9.81. The fourth-order valence-electron chi connectivity index (χ4n) is 2.66. The minimum atomic E-state index is -0.275. The van der Waals surface area contributed by atoms with Gasteiger partial charge in [0.15, 0.2) is 11.7 Å². The molecular formula is C21H26IN5O2S. The molecule has 0 spiro atoms. The molecule has 3 aromatic rings. The normalized spacial score (nSPS) is 10.9. The number of anilines is 1. The van der Waals surface area contributed by atoms with Gasteiger partial charge in [-0.1, -0.05) is 12.1 Å². The lowest BCUT2D eigenvalue weighted by Gasteiger charge is -2.11. The number of aryl methyl sites for hydroxylation is 1. The summed E-state index contributed by atoms with van der Waals surface area (Å²) in [5, 5.41) is 10.5. The number of guanidine groups is 1. The lowest BCUT2D eigenvalue weighted by Crippen LogP contribution is -2.38. The number of thiazole rings is 1. The number of carbonyl (C=O) groups is 1. The number of hydrogen-bond donors (Lipinski definition) is 3. The van der Waals surface area contributed by atoms with Crippen molar-refractivity contribution in [3.8, 4) is 0 Å². The topological polar surface area (TPSA) is 91.5 Å². The smallest absolute Gasteiger partial charge is 0.291 e. The highest BCUT2D eigenvalue weighted by Gasteiger charge is 2.09. The molecule has 0 aliphatic heterocycles. The fraction of sp³-hybridized carbons (Fsp3) is 0.286. The van der Waals surface area contributed by atoms with Gasteiger partial charge in [-0.05, 0) is 43.7 Å². The number of aromatic nitrogens is 1. The Morgan fingerprint density at radius 1 is 1.23 bits per heavy atom. The summed E-state index contributed by atoms with van der Waals surface area (Å²) in [4.78, 5) is 22.4. The third-order valence-corrected chi connectivity index (χ3v) is 4.97. The summed E-state index contributed by atoms with van der Waals surface area (Å²) >= 11 is 1.72. The highest BCUT2D eigenvalue weighted by Crippen LogP contribution is 2.14. The zero-order valence-electron chi connectivity index (χ0n) is 17.0. The van der Waals surface area contributed by atoms with Gasteiger partial charge in [0.2, 0.25) is 0 Å². The van der Waals surface area contributed by atoms with E-state index in [1.807, 2.05) is 37.4 Å².